The molecule has 1 aliphatic heterocycles. The third-order valence-electron chi connectivity index (χ3n) is 4.56. The Morgan fingerprint density at radius 3 is 2.84 bits per heavy atom. The fourth-order valence-corrected chi connectivity index (χ4v) is 3.16. The molecule has 25 heavy (non-hydrogen) atoms. The summed E-state index contributed by atoms with van der Waals surface area (Å²) in [5, 5.41) is 0. The van der Waals surface area contributed by atoms with Crippen LogP contribution >= 0.6 is 0 Å². The van der Waals surface area contributed by atoms with Crippen molar-refractivity contribution in [2.75, 3.05) is 12.0 Å². The van der Waals surface area contributed by atoms with Crippen molar-refractivity contribution in [2.24, 2.45) is 5.92 Å². The molecule has 0 fully saturated rings. The van der Waals surface area contributed by atoms with Gasteiger partial charge in [-0.1, -0.05) is 19.1 Å². The summed E-state index contributed by atoms with van der Waals surface area (Å²) < 4.78 is 18.8. The van der Waals surface area contributed by atoms with Crippen LogP contribution in [0.4, 0.5) is 15.8 Å². The number of halogens is 1. The van der Waals surface area contributed by atoms with E-state index in [2.05, 4.69) is 4.85 Å². The molecule has 0 saturated heterocycles. The molecule has 1 amide bonds. The van der Waals surface area contributed by atoms with E-state index in [1.165, 1.54) is 19.2 Å². The number of hydrogen-bond acceptors (Lipinski definition) is 2. The SMILES string of the molecule is [C-]#[N+]c1cc2c(cc1OC)N(Cc1cccc(F)c1)C(=O)C(C)CC2. The van der Waals surface area contributed by atoms with Gasteiger partial charge in [0.25, 0.3) is 0 Å². The van der Waals surface area contributed by atoms with E-state index in [4.69, 9.17) is 11.3 Å². The molecular formula is C20H19FN2O2. The molecule has 1 heterocycles. The van der Waals surface area contributed by atoms with E-state index in [0.717, 1.165) is 23.2 Å². The smallest absolute Gasteiger partial charge is 0.230 e. The summed E-state index contributed by atoms with van der Waals surface area (Å²) in [5.41, 5.74) is 2.85. The Kier molecular flexibility index (Phi) is 4.71. The van der Waals surface area contributed by atoms with Crippen molar-refractivity contribution in [1.82, 2.24) is 0 Å². The van der Waals surface area contributed by atoms with E-state index < -0.39 is 0 Å². The van der Waals surface area contributed by atoms with E-state index >= 15 is 0 Å². The molecule has 0 spiro atoms. The van der Waals surface area contributed by atoms with Gasteiger partial charge in [0.05, 0.1) is 20.2 Å². The Balaban J connectivity index is 2.09. The zero-order valence-electron chi connectivity index (χ0n) is 14.3. The van der Waals surface area contributed by atoms with Gasteiger partial charge < -0.3 is 9.64 Å². The second-order valence-electron chi connectivity index (χ2n) is 6.26. The molecule has 0 radical (unpaired) electrons. The average Bonchev–Trinajstić information content (AvgIpc) is 2.72. The number of benzene rings is 2. The molecule has 2 aromatic carbocycles. The lowest BCUT2D eigenvalue weighted by Gasteiger charge is -2.26. The topological polar surface area (TPSA) is 33.9 Å². The third kappa shape index (κ3) is 3.34. The van der Waals surface area contributed by atoms with Crippen LogP contribution in [0.3, 0.4) is 0 Å². The molecule has 4 nitrogen and oxygen atoms in total. The predicted octanol–water partition coefficient (Wildman–Crippen LogP) is 4.50. The minimum absolute atomic E-state index is 0.000580. The Labute approximate surface area is 146 Å². The van der Waals surface area contributed by atoms with Crippen LogP contribution in [0.15, 0.2) is 36.4 Å². The van der Waals surface area contributed by atoms with Crippen LogP contribution in [0.1, 0.15) is 24.5 Å². The first-order valence-electron chi connectivity index (χ1n) is 8.17. The van der Waals surface area contributed by atoms with Crippen molar-refractivity contribution in [1.29, 1.82) is 0 Å². The monoisotopic (exact) mass is 338 g/mol. The van der Waals surface area contributed by atoms with Crippen LogP contribution in [0, 0.1) is 18.3 Å². The van der Waals surface area contributed by atoms with Crippen LogP contribution in [-0.2, 0) is 17.8 Å². The standard InChI is InChI=1S/C20H19FN2O2/c1-13-7-8-15-10-17(22-2)19(25-3)11-18(15)23(20(13)24)12-14-5-4-6-16(21)9-14/h4-6,9-11,13H,7-8,12H2,1,3H3. The average molecular weight is 338 g/mol. The number of nitrogens with zero attached hydrogens (tertiary/aromatic N) is 2. The van der Waals surface area contributed by atoms with Gasteiger partial charge in [0.2, 0.25) is 11.6 Å². The fourth-order valence-electron chi connectivity index (χ4n) is 3.16. The first kappa shape index (κ1) is 17.0. The predicted molar refractivity (Wildman–Crippen MR) is 94.3 cm³/mol. The van der Waals surface area contributed by atoms with Gasteiger partial charge in [0.15, 0.2) is 0 Å². The van der Waals surface area contributed by atoms with Crippen molar-refractivity contribution in [2.45, 2.75) is 26.3 Å². The summed E-state index contributed by atoms with van der Waals surface area (Å²) >= 11 is 0. The van der Waals surface area contributed by atoms with Crippen LogP contribution in [0.2, 0.25) is 0 Å². The molecular weight excluding hydrogens is 319 g/mol. The molecule has 2 aromatic rings. The minimum atomic E-state index is -0.325. The van der Waals surface area contributed by atoms with Crippen molar-refractivity contribution >= 4 is 17.3 Å². The first-order chi connectivity index (χ1) is 12.0. The number of amides is 1. The Bertz CT molecular complexity index is 857. The third-order valence-corrected chi connectivity index (χ3v) is 4.56. The van der Waals surface area contributed by atoms with E-state index in [0.29, 0.717) is 17.9 Å². The zero-order chi connectivity index (χ0) is 18.0. The lowest BCUT2D eigenvalue weighted by atomic mass is 10.0. The number of methoxy groups -OCH3 is 1. The van der Waals surface area contributed by atoms with Crippen molar-refractivity contribution in [3.63, 3.8) is 0 Å². The number of carbonyl (C=O) groups excluding carboxylic acids is 1. The molecule has 128 valence electrons. The van der Waals surface area contributed by atoms with Gasteiger partial charge in [-0.05, 0) is 48.2 Å². The summed E-state index contributed by atoms with van der Waals surface area (Å²) in [5.74, 6) is -0.0155. The van der Waals surface area contributed by atoms with Crippen LogP contribution in [0.5, 0.6) is 5.75 Å². The summed E-state index contributed by atoms with van der Waals surface area (Å²) in [6.45, 7) is 9.50. The second kappa shape index (κ2) is 6.94. The number of ether oxygens (including phenoxy) is 1. The number of carbonyl (C=O) groups is 1. The van der Waals surface area contributed by atoms with Crippen molar-refractivity contribution in [3.8, 4) is 5.75 Å². The Morgan fingerprint density at radius 2 is 2.16 bits per heavy atom. The highest BCUT2D eigenvalue weighted by Gasteiger charge is 2.29. The van der Waals surface area contributed by atoms with Crippen LogP contribution < -0.4 is 9.64 Å². The number of anilines is 1. The number of aryl methyl sites for hydroxylation is 1. The fraction of sp³-hybridized carbons (Fsp3) is 0.300. The highest BCUT2D eigenvalue weighted by molar-refractivity contribution is 5.97. The van der Waals surface area contributed by atoms with E-state index in [9.17, 15) is 9.18 Å². The maximum absolute atomic E-state index is 13.5. The molecule has 1 aliphatic rings. The summed E-state index contributed by atoms with van der Waals surface area (Å²) in [7, 11) is 1.51. The van der Waals surface area contributed by atoms with Crippen molar-refractivity contribution in [3.05, 3.63) is 64.8 Å². The largest absolute Gasteiger partial charge is 0.508 e. The van der Waals surface area contributed by atoms with Crippen LogP contribution in [0.25, 0.3) is 4.85 Å². The van der Waals surface area contributed by atoms with Gasteiger partial charge in [-0.15, -0.1) is 0 Å². The molecule has 0 N–H and O–H groups in total. The molecule has 1 unspecified atom stereocenters. The molecule has 0 aliphatic carbocycles. The molecule has 5 heteroatoms. The number of fused-ring (bicyclic) bond motifs is 1. The van der Waals surface area contributed by atoms with E-state index in [-0.39, 0.29) is 24.2 Å². The normalized spacial score (nSPS) is 16.8. The number of hydrogen-bond donors (Lipinski definition) is 0. The van der Waals surface area contributed by atoms with Gasteiger partial charge in [-0.3, -0.25) is 4.79 Å². The second-order valence-corrected chi connectivity index (χ2v) is 6.26. The van der Waals surface area contributed by atoms with E-state index in [1.54, 1.807) is 29.2 Å². The highest BCUT2D eigenvalue weighted by Crippen LogP contribution is 2.39. The lowest BCUT2D eigenvalue weighted by Crippen LogP contribution is -2.33. The molecule has 0 bridgehead atoms. The minimum Gasteiger partial charge on any atom is -0.508 e. The van der Waals surface area contributed by atoms with Gasteiger partial charge in [-0.25, -0.2) is 9.24 Å². The van der Waals surface area contributed by atoms with Gasteiger partial charge in [0.1, 0.15) is 11.6 Å². The van der Waals surface area contributed by atoms with Gasteiger partial charge >= 0.3 is 0 Å². The maximum atomic E-state index is 13.5. The maximum Gasteiger partial charge on any atom is 0.230 e. The first-order valence-corrected chi connectivity index (χ1v) is 8.17. The van der Waals surface area contributed by atoms with E-state index in [1.807, 2.05) is 6.92 Å². The number of rotatable bonds is 3. The molecule has 0 saturated carbocycles. The molecule has 0 aromatic heterocycles. The van der Waals surface area contributed by atoms with Gasteiger partial charge in [0, 0.05) is 11.6 Å². The molecule has 3 rings (SSSR count). The quantitative estimate of drug-likeness (QED) is 0.772. The zero-order valence-corrected chi connectivity index (χ0v) is 14.3. The summed E-state index contributed by atoms with van der Waals surface area (Å²) in [6.07, 6.45) is 1.43. The Morgan fingerprint density at radius 1 is 1.36 bits per heavy atom. The summed E-state index contributed by atoms with van der Waals surface area (Å²) in [6, 6.07) is 9.81. The van der Waals surface area contributed by atoms with Crippen LogP contribution in [-0.4, -0.2) is 13.0 Å². The lowest BCUT2D eigenvalue weighted by molar-refractivity contribution is -0.122. The highest BCUT2D eigenvalue weighted by atomic mass is 19.1. The Hall–Kier alpha value is -2.87. The summed E-state index contributed by atoms with van der Waals surface area (Å²) in [4.78, 5) is 18.1. The van der Waals surface area contributed by atoms with Crippen molar-refractivity contribution < 1.29 is 13.9 Å². The molecule has 1 atom stereocenters. The van der Waals surface area contributed by atoms with Gasteiger partial charge in [-0.2, -0.15) is 0 Å².